The first-order valence-corrected chi connectivity index (χ1v) is 12.4. The summed E-state index contributed by atoms with van der Waals surface area (Å²) in [7, 11) is -2.52. The topological polar surface area (TPSA) is 139 Å². The van der Waals surface area contributed by atoms with Crippen LogP contribution in [-0.4, -0.2) is 67.3 Å². The SMILES string of the molecule is COc1ccc(-c2ccc(S(=O)(=O)N3CCC[C@H]3C(=O)NN(CC(N)=O)C(=O)C(F)Cl)cc2)cc1. The van der Waals surface area contributed by atoms with Crippen LogP contribution in [0.2, 0.25) is 0 Å². The summed E-state index contributed by atoms with van der Waals surface area (Å²) in [4.78, 5) is 35.9. The van der Waals surface area contributed by atoms with Crippen LogP contribution in [0.4, 0.5) is 4.39 Å². The number of hydrogen-bond donors (Lipinski definition) is 2. The Morgan fingerprint density at radius 2 is 1.74 bits per heavy atom. The first kappa shape index (κ1) is 26.4. The Labute approximate surface area is 206 Å². The number of rotatable bonds is 8. The van der Waals surface area contributed by atoms with Gasteiger partial charge < -0.3 is 10.5 Å². The normalized spacial score (nSPS) is 16.9. The molecule has 0 aromatic heterocycles. The highest BCUT2D eigenvalue weighted by atomic mass is 35.5. The number of amides is 3. The minimum atomic E-state index is -4.08. The number of nitrogens with one attached hydrogen (secondary N) is 1. The predicted molar refractivity (Wildman–Crippen MR) is 125 cm³/mol. The minimum absolute atomic E-state index is 0.0240. The molecule has 1 heterocycles. The second kappa shape index (κ2) is 11.0. The molecule has 1 aliphatic heterocycles. The van der Waals surface area contributed by atoms with Crippen LogP contribution >= 0.6 is 11.6 Å². The van der Waals surface area contributed by atoms with Crippen LogP contribution < -0.4 is 15.9 Å². The van der Waals surface area contributed by atoms with Crippen molar-refractivity contribution in [2.75, 3.05) is 20.2 Å². The van der Waals surface area contributed by atoms with Crippen molar-refractivity contribution in [2.45, 2.75) is 29.4 Å². The summed E-state index contributed by atoms with van der Waals surface area (Å²) in [6.07, 6.45) is 0.541. The Morgan fingerprint density at radius 3 is 2.26 bits per heavy atom. The van der Waals surface area contributed by atoms with E-state index in [1.54, 1.807) is 31.4 Å². The van der Waals surface area contributed by atoms with E-state index in [1.807, 2.05) is 12.1 Å². The van der Waals surface area contributed by atoms with E-state index in [4.69, 9.17) is 22.1 Å². The molecule has 2 aromatic carbocycles. The zero-order valence-electron chi connectivity index (χ0n) is 18.7. The highest BCUT2D eigenvalue weighted by molar-refractivity contribution is 7.89. The number of ether oxygens (including phenoxy) is 1. The number of nitrogens with two attached hydrogens (primary N) is 1. The highest BCUT2D eigenvalue weighted by Gasteiger charge is 2.40. The Kier molecular flexibility index (Phi) is 8.30. The van der Waals surface area contributed by atoms with Crippen molar-refractivity contribution in [3.05, 3.63) is 48.5 Å². The average Bonchev–Trinajstić information content (AvgIpc) is 3.34. The number of primary amides is 1. The summed E-state index contributed by atoms with van der Waals surface area (Å²) in [5.41, 5.74) is 6.22. The number of carbonyl (C=O) groups excluding carboxylic acids is 3. The van der Waals surface area contributed by atoms with Crippen molar-refractivity contribution in [3.8, 4) is 16.9 Å². The van der Waals surface area contributed by atoms with Gasteiger partial charge in [-0.15, -0.1) is 0 Å². The van der Waals surface area contributed by atoms with E-state index in [2.05, 4.69) is 5.43 Å². The number of nitrogens with zero attached hydrogens (tertiary/aromatic N) is 2. The highest BCUT2D eigenvalue weighted by Crippen LogP contribution is 2.29. The Morgan fingerprint density at radius 1 is 1.17 bits per heavy atom. The predicted octanol–water partition coefficient (Wildman–Crippen LogP) is 1.39. The lowest BCUT2D eigenvalue weighted by Crippen LogP contribution is -2.56. The van der Waals surface area contributed by atoms with E-state index in [0.717, 1.165) is 15.4 Å². The summed E-state index contributed by atoms with van der Waals surface area (Å²) in [5, 5.41) is 0.342. The first-order valence-electron chi connectivity index (χ1n) is 10.5. The third-order valence-electron chi connectivity index (χ3n) is 5.40. The fourth-order valence-corrected chi connectivity index (χ4v) is 5.46. The lowest BCUT2D eigenvalue weighted by atomic mass is 10.1. The van der Waals surface area contributed by atoms with Gasteiger partial charge in [0.15, 0.2) is 0 Å². The summed E-state index contributed by atoms with van der Waals surface area (Å²) < 4.78 is 46.0. The van der Waals surface area contributed by atoms with Crippen molar-refractivity contribution in [3.63, 3.8) is 0 Å². The molecule has 10 nitrogen and oxygen atoms in total. The van der Waals surface area contributed by atoms with Gasteiger partial charge in [0, 0.05) is 6.54 Å². The fraction of sp³-hybridized carbons (Fsp3) is 0.318. The maximum atomic E-state index is 13.3. The quantitative estimate of drug-likeness (QED) is 0.393. The lowest BCUT2D eigenvalue weighted by molar-refractivity contribution is -0.146. The van der Waals surface area contributed by atoms with Crippen LogP contribution in [0.5, 0.6) is 5.75 Å². The zero-order chi connectivity index (χ0) is 25.8. The second-order valence-corrected chi connectivity index (χ2v) is 9.97. The van der Waals surface area contributed by atoms with Crippen LogP contribution in [0.3, 0.4) is 0 Å². The third kappa shape index (κ3) is 6.08. The summed E-state index contributed by atoms with van der Waals surface area (Å²) >= 11 is 5.13. The van der Waals surface area contributed by atoms with Gasteiger partial charge in [-0.1, -0.05) is 35.9 Å². The van der Waals surface area contributed by atoms with E-state index in [1.165, 1.54) is 12.1 Å². The fourth-order valence-electron chi connectivity index (χ4n) is 3.68. The van der Waals surface area contributed by atoms with Gasteiger partial charge in [0.1, 0.15) is 18.3 Å². The average molecular weight is 527 g/mol. The van der Waals surface area contributed by atoms with Crippen molar-refractivity contribution in [1.29, 1.82) is 0 Å². The van der Waals surface area contributed by atoms with E-state index in [-0.39, 0.29) is 17.9 Å². The van der Waals surface area contributed by atoms with Crippen LogP contribution in [-0.2, 0) is 24.4 Å². The maximum Gasteiger partial charge on any atom is 0.291 e. The molecule has 35 heavy (non-hydrogen) atoms. The minimum Gasteiger partial charge on any atom is -0.497 e. The molecule has 188 valence electrons. The molecule has 2 aromatic rings. The van der Waals surface area contributed by atoms with Crippen LogP contribution in [0, 0.1) is 0 Å². The van der Waals surface area contributed by atoms with Gasteiger partial charge in [0.2, 0.25) is 15.9 Å². The second-order valence-electron chi connectivity index (χ2n) is 7.69. The standard InChI is InChI=1S/C22H24ClFN4O6S/c1-34-16-8-4-14(5-9-16)15-6-10-17(11-7-15)35(32,33)28-12-2-3-18(28)21(30)26-27(13-19(25)29)22(31)20(23)24/h4-11,18,20H,2-3,12-13H2,1H3,(H2,25,29)(H,26,30)/t18-,20?/m0/s1. The number of benzene rings is 2. The smallest absolute Gasteiger partial charge is 0.291 e. The van der Waals surface area contributed by atoms with Gasteiger partial charge in [-0.25, -0.2) is 17.8 Å². The largest absolute Gasteiger partial charge is 0.497 e. The number of sulfonamides is 1. The Hall–Kier alpha value is -3.22. The maximum absolute atomic E-state index is 13.3. The Balaban J connectivity index is 1.79. The van der Waals surface area contributed by atoms with Crippen LogP contribution in [0.25, 0.3) is 11.1 Å². The molecule has 1 saturated heterocycles. The molecule has 1 aliphatic rings. The van der Waals surface area contributed by atoms with Gasteiger partial charge in [-0.05, 0) is 48.2 Å². The molecule has 3 amide bonds. The van der Waals surface area contributed by atoms with Gasteiger partial charge in [-0.3, -0.25) is 19.8 Å². The third-order valence-corrected chi connectivity index (χ3v) is 7.51. The number of halogens is 2. The molecule has 3 N–H and O–H groups in total. The zero-order valence-corrected chi connectivity index (χ0v) is 20.3. The number of hydrogen-bond acceptors (Lipinski definition) is 6. The number of alkyl halides is 2. The van der Waals surface area contributed by atoms with Crippen molar-refractivity contribution in [1.82, 2.24) is 14.7 Å². The van der Waals surface area contributed by atoms with Gasteiger partial charge in [0.25, 0.3) is 17.4 Å². The molecule has 0 spiro atoms. The van der Waals surface area contributed by atoms with E-state index in [9.17, 15) is 27.2 Å². The van der Waals surface area contributed by atoms with Gasteiger partial charge in [0.05, 0.1) is 12.0 Å². The van der Waals surface area contributed by atoms with Crippen LogP contribution in [0.1, 0.15) is 12.8 Å². The summed E-state index contributed by atoms with van der Waals surface area (Å²) in [5.74, 6) is -2.65. The van der Waals surface area contributed by atoms with Gasteiger partial charge >= 0.3 is 0 Å². The first-order chi connectivity index (χ1) is 16.5. The lowest BCUT2D eigenvalue weighted by Gasteiger charge is -2.27. The van der Waals surface area contributed by atoms with Gasteiger partial charge in [-0.2, -0.15) is 4.31 Å². The molecule has 1 fully saturated rings. The van der Waals surface area contributed by atoms with Crippen LogP contribution in [0.15, 0.2) is 53.4 Å². The number of hydrazine groups is 1. The molecular formula is C22H24ClFN4O6S. The monoisotopic (exact) mass is 526 g/mol. The molecule has 2 atom stereocenters. The molecule has 0 bridgehead atoms. The van der Waals surface area contributed by atoms with Crippen molar-refractivity contribution < 1.29 is 31.9 Å². The molecule has 1 unspecified atom stereocenters. The number of carbonyl (C=O) groups is 3. The van der Waals surface area contributed by atoms with E-state index < -0.39 is 46.0 Å². The number of methoxy groups -OCH3 is 1. The molecule has 0 saturated carbocycles. The van der Waals surface area contributed by atoms with E-state index >= 15 is 0 Å². The molecule has 13 heteroatoms. The van der Waals surface area contributed by atoms with E-state index in [0.29, 0.717) is 17.2 Å². The molecular weight excluding hydrogens is 503 g/mol. The molecule has 0 radical (unpaired) electrons. The summed E-state index contributed by atoms with van der Waals surface area (Å²) in [6.45, 7) is -0.768. The summed E-state index contributed by atoms with van der Waals surface area (Å²) in [6, 6.07) is 12.2. The molecule has 0 aliphatic carbocycles. The molecule has 3 rings (SSSR count). The van der Waals surface area contributed by atoms with Crippen molar-refractivity contribution >= 4 is 39.3 Å². The van der Waals surface area contributed by atoms with Crippen molar-refractivity contribution in [2.24, 2.45) is 5.73 Å². The Bertz CT molecular complexity index is 1190.